The van der Waals surface area contributed by atoms with Gasteiger partial charge in [-0.25, -0.2) is 8.42 Å². The van der Waals surface area contributed by atoms with Crippen molar-refractivity contribution in [1.82, 2.24) is 4.31 Å². The van der Waals surface area contributed by atoms with Crippen LogP contribution in [-0.2, 0) is 14.8 Å². The lowest BCUT2D eigenvalue weighted by Gasteiger charge is -2.32. The van der Waals surface area contributed by atoms with Crippen molar-refractivity contribution in [3.63, 3.8) is 0 Å². The fourth-order valence-electron chi connectivity index (χ4n) is 3.99. The number of nitrogens with one attached hydrogen (secondary N) is 1. The molecule has 1 N–H and O–H groups in total. The maximum atomic E-state index is 13.3. The molecule has 0 aliphatic carbocycles. The van der Waals surface area contributed by atoms with Gasteiger partial charge in [-0.05, 0) is 69.4 Å². The molecule has 2 aromatic carbocycles. The summed E-state index contributed by atoms with van der Waals surface area (Å²) < 4.78 is 28.1. The van der Waals surface area contributed by atoms with Crippen molar-refractivity contribution in [3.8, 4) is 0 Å². The van der Waals surface area contributed by atoms with Crippen LogP contribution in [0.4, 0.5) is 5.69 Å². The molecule has 0 radical (unpaired) electrons. The molecule has 156 valence electrons. The molecule has 1 amide bonds. The van der Waals surface area contributed by atoms with Gasteiger partial charge in [-0.3, -0.25) is 4.79 Å². The summed E-state index contributed by atoms with van der Waals surface area (Å²) >= 11 is 6.14. The highest BCUT2D eigenvalue weighted by atomic mass is 35.5. The van der Waals surface area contributed by atoms with Gasteiger partial charge in [0.2, 0.25) is 15.9 Å². The first-order valence-corrected chi connectivity index (χ1v) is 11.6. The molecule has 0 saturated carbocycles. The van der Waals surface area contributed by atoms with E-state index in [4.69, 9.17) is 11.6 Å². The topological polar surface area (TPSA) is 66.5 Å². The average molecular weight is 435 g/mol. The first-order chi connectivity index (χ1) is 13.6. The Labute approximate surface area is 178 Å². The Bertz CT molecular complexity index is 1030. The van der Waals surface area contributed by atoms with Crippen LogP contribution in [0.2, 0.25) is 5.02 Å². The van der Waals surface area contributed by atoms with Crippen LogP contribution in [0.1, 0.15) is 35.1 Å². The summed E-state index contributed by atoms with van der Waals surface area (Å²) in [5.41, 5.74) is 4.07. The van der Waals surface area contributed by atoms with Gasteiger partial charge in [-0.2, -0.15) is 4.31 Å². The van der Waals surface area contributed by atoms with Crippen molar-refractivity contribution in [2.45, 2.75) is 45.4 Å². The zero-order valence-corrected chi connectivity index (χ0v) is 18.8. The van der Waals surface area contributed by atoms with Crippen molar-refractivity contribution in [3.05, 3.63) is 57.6 Å². The van der Waals surface area contributed by atoms with E-state index in [1.165, 1.54) is 4.31 Å². The maximum Gasteiger partial charge on any atom is 0.243 e. The van der Waals surface area contributed by atoms with Crippen LogP contribution >= 0.6 is 11.6 Å². The molecule has 7 heteroatoms. The van der Waals surface area contributed by atoms with Gasteiger partial charge in [-0.15, -0.1) is 0 Å². The van der Waals surface area contributed by atoms with E-state index in [1.807, 2.05) is 45.9 Å². The van der Waals surface area contributed by atoms with Gasteiger partial charge in [0, 0.05) is 23.8 Å². The summed E-state index contributed by atoms with van der Waals surface area (Å²) in [7, 11) is -3.66. The summed E-state index contributed by atoms with van der Waals surface area (Å²) in [5.74, 6) is -0.577. The van der Waals surface area contributed by atoms with Gasteiger partial charge < -0.3 is 5.32 Å². The van der Waals surface area contributed by atoms with Crippen LogP contribution in [0.5, 0.6) is 0 Å². The molecular weight excluding hydrogens is 408 g/mol. The van der Waals surface area contributed by atoms with E-state index >= 15 is 0 Å². The maximum absolute atomic E-state index is 13.3. The molecule has 1 aliphatic rings. The van der Waals surface area contributed by atoms with Crippen LogP contribution in [0.15, 0.2) is 35.2 Å². The fourth-order valence-corrected chi connectivity index (χ4v) is 6.11. The standard InChI is InChI=1S/C22H27ClN2O3S/c1-14-10-16(3)21(17(4)11-14)29(27,28)25-9-5-6-18(13-25)22(26)24-19-8-7-15(2)20(23)12-19/h7-8,10-12,18H,5-6,9,13H2,1-4H3,(H,24,26)/t18-/m0/s1. The minimum atomic E-state index is -3.66. The molecule has 2 aromatic rings. The van der Waals surface area contributed by atoms with Gasteiger partial charge >= 0.3 is 0 Å². The highest BCUT2D eigenvalue weighted by molar-refractivity contribution is 7.89. The van der Waals surface area contributed by atoms with E-state index in [1.54, 1.807) is 12.1 Å². The number of sulfonamides is 1. The molecule has 1 aliphatic heterocycles. The lowest BCUT2D eigenvalue weighted by molar-refractivity contribution is -0.120. The Morgan fingerprint density at radius 1 is 1.07 bits per heavy atom. The third-order valence-corrected chi connectivity index (χ3v) is 7.98. The number of hydrogen-bond donors (Lipinski definition) is 1. The third-order valence-electron chi connectivity index (χ3n) is 5.40. The van der Waals surface area contributed by atoms with Gasteiger partial charge in [0.15, 0.2) is 0 Å². The van der Waals surface area contributed by atoms with E-state index in [0.717, 1.165) is 22.3 Å². The van der Waals surface area contributed by atoms with E-state index in [2.05, 4.69) is 5.32 Å². The molecule has 0 unspecified atom stereocenters. The van der Waals surface area contributed by atoms with Crippen LogP contribution < -0.4 is 5.32 Å². The highest BCUT2D eigenvalue weighted by Gasteiger charge is 2.34. The minimum absolute atomic E-state index is 0.179. The van der Waals surface area contributed by atoms with Gasteiger partial charge in [0.05, 0.1) is 10.8 Å². The molecule has 1 fully saturated rings. The molecular formula is C22H27ClN2O3S. The number of rotatable bonds is 4. The zero-order valence-electron chi connectivity index (χ0n) is 17.3. The van der Waals surface area contributed by atoms with Crippen molar-refractivity contribution < 1.29 is 13.2 Å². The van der Waals surface area contributed by atoms with E-state index in [0.29, 0.717) is 35.0 Å². The average Bonchev–Trinajstić information content (AvgIpc) is 2.63. The molecule has 0 spiro atoms. The number of hydrogen-bond acceptors (Lipinski definition) is 3. The SMILES string of the molecule is Cc1cc(C)c(S(=O)(=O)N2CCC[C@H](C(=O)Nc3ccc(C)c(Cl)c3)C2)c(C)c1. The summed E-state index contributed by atoms with van der Waals surface area (Å²) in [4.78, 5) is 13.1. The number of carbonyl (C=O) groups is 1. The Balaban J connectivity index is 1.79. The monoisotopic (exact) mass is 434 g/mol. The lowest BCUT2D eigenvalue weighted by Crippen LogP contribution is -2.44. The largest absolute Gasteiger partial charge is 0.326 e. The molecule has 3 rings (SSSR count). The lowest BCUT2D eigenvalue weighted by atomic mass is 9.98. The second-order valence-electron chi connectivity index (χ2n) is 7.88. The summed E-state index contributed by atoms with van der Waals surface area (Å²) in [6.45, 7) is 8.10. The Kier molecular flexibility index (Phi) is 6.36. The smallest absolute Gasteiger partial charge is 0.243 e. The summed E-state index contributed by atoms with van der Waals surface area (Å²) in [5, 5.41) is 3.46. The number of carbonyl (C=O) groups excluding carboxylic acids is 1. The molecule has 5 nitrogen and oxygen atoms in total. The van der Waals surface area contributed by atoms with Gasteiger partial charge in [-0.1, -0.05) is 35.4 Å². The first-order valence-electron chi connectivity index (χ1n) is 9.74. The highest BCUT2D eigenvalue weighted by Crippen LogP contribution is 2.29. The van der Waals surface area contributed by atoms with Crippen LogP contribution in [-0.4, -0.2) is 31.7 Å². The number of anilines is 1. The number of piperidine rings is 1. The quantitative estimate of drug-likeness (QED) is 0.763. The minimum Gasteiger partial charge on any atom is -0.326 e. The van der Waals surface area contributed by atoms with Crippen molar-refractivity contribution in [2.75, 3.05) is 18.4 Å². The number of benzene rings is 2. The Hall–Kier alpha value is -1.89. The van der Waals surface area contributed by atoms with Crippen molar-refractivity contribution in [2.24, 2.45) is 5.92 Å². The number of halogens is 1. The summed E-state index contributed by atoms with van der Waals surface area (Å²) in [6, 6.07) is 9.13. The number of nitrogens with zero attached hydrogens (tertiary/aromatic N) is 1. The van der Waals surface area contributed by atoms with Gasteiger partial charge in [0.25, 0.3) is 0 Å². The Morgan fingerprint density at radius 2 is 1.72 bits per heavy atom. The van der Waals surface area contributed by atoms with E-state index in [9.17, 15) is 13.2 Å². The van der Waals surface area contributed by atoms with Crippen LogP contribution in [0.3, 0.4) is 0 Å². The Morgan fingerprint density at radius 3 is 2.34 bits per heavy atom. The molecule has 1 heterocycles. The number of aryl methyl sites for hydroxylation is 4. The van der Waals surface area contributed by atoms with Crippen LogP contribution in [0.25, 0.3) is 0 Å². The van der Waals surface area contributed by atoms with Crippen LogP contribution in [0, 0.1) is 33.6 Å². The predicted octanol–water partition coefficient (Wildman–Crippen LogP) is 4.61. The second-order valence-corrected chi connectivity index (χ2v) is 10.2. The van der Waals surface area contributed by atoms with Crippen molar-refractivity contribution in [1.29, 1.82) is 0 Å². The first kappa shape index (κ1) is 21.8. The number of amides is 1. The van der Waals surface area contributed by atoms with Crippen molar-refractivity contribution >= 4 is 33.2 Å². The van der Waals surface area contributed by atoms with E-state index < -0.39 is 15.9 Å². The zero-order chi connectivity index (χ0) is 21.3. The fraction of sp³-hybridized carbons (Fsp3) is 0.409. The molecule has 1 saturated heterocycles. The second kappa shape index (κ2) is 8.46. The normalized spacial score (nSPS) is 17.9. The predicted molar refractivity (Wildman–Crippen MR) is 117 cm³/mol. The summed E-state index contributed by atoms with van der Waals surface area (Å²) in [6.07, 6.45) is 1.30. The molecule has 0 bridgehead atoms. The third kappa shape index (κ3) is 4.65. The van der Waals surface area contributed by atoms with Gasteiger partial charge in [0.1, 0.15) is 0 Å². The van der Waals surface area contributed by atoms with E-state index in [-0.39, 0.29) is 12.5 Å². The molecule has 0 aromatic heterocycles. The molecule has 29 heavy (non-hydrogen) atoms. The molecule has 1 atom stereocenters.